The Labute approximate surface area is 144 Å². The molecule has 0 aromatic carbocycles. The first-order valence-electron chi connectivity index (χ1n) is 7.51. The molecule has 0 atom stereocenters. The number of nitrogens with zero attached hydrogens (tertiary/aromatic N) is 2. The number of guanidine groups is 1. The Balaban J connectivity index is 1.79. The fourth-order valence-electron chi connectivity index (χ4n) is 2.67. The maximum absolute atomic E-state index is 11.4. The molecule has 7 heteroatoms. The van der Waals surface area contributed by atoms with Crippen LogP contribution in [0.15, 0.2) is 20.2 Å². The van der Waals surface area contributed by atoms with Crippen molar-refractivity contribution in [3.05, 3.63) is 20.8 Å². The Morgan fingerprint density at radius 3 is 2.77 bits per heavy atom. The predicted octanol–water partition coefficient (Wildman–Crippen LogP) is 2.43. The summed E-state index contributed by atoms with van der Waals surface area (Å²) in [7, 11) is 3.52. The summed E-state index contributed by atoms with van der Waals surface area (Å²) in [6.45, 7) is 2.69. The van der Waals surface area contributed by atoms with Crippen molar-refractivity contribution >= 4 is 39.1 Å². The van der Waals surface area contributed by atoms with Gasteiger partial charge in [-0.3, -0.25) is 9.79 Å². The van der Waals surface area contributed by atoms with E-state index in [2.05, 4.69) is 47.9 Å². The van der Waals surface area contributed by atoms with E-state index in [1.54, 1.807) is 18.4 Å². The standard InChI is InChI=1S/C15H23BrN4OS/c1-17-14(21)8-11-3-5-20(6-4-11)15(18-2)19-9-12-7-13(16)22-10-12/h7,10-11H,3-6,8-9H2,1-2H3,(H,17,21)(H,18,19). The van der Waals surface area contributed by atoms with Crippen LogP contribution in [0, 0.1) is 5.92 Å². The second kappa shape index (κ2) is 8.53. The van der Waals surface area contributed by atoms with E-state index in [0.717, 1.165) is 42.2 Å². The van der Waals surface area contributed by atoms with Gasteiger partial charge in [0.1, 0.15) is 0 Å². The molecule has 0 aliphatic carbocycles. The Morgan fingerprint density at radius 1 is 1.50 bits per heavy atom. The monoisotopic (exact) mass is 386 g/mol. The summed E-state index contributed by atoms with van der Waals surface area (Å²) < 4.78 is 1.15. The first-order valence-corrected chi connectivity index (χ1v) is 9.18. The smallest absolute Gasteiger partial charge is 0.220 e. The van der Waals surface area contributed by atoms with Crippen molar-refractivity contribution in [3.63, 3.8) is 0 Å². The zero-order valence-corrected chi connectivity index (χ0v) is 15.5. The molecule has 1 aliphatic heterocycles. The molecule has 1 aromatic rings. The highest BCUT2D eigenvalue weighted by atomic mass is 79.9. The van der Waals surface area contributed by atoms with Gasteiger partial charge < -0.3 is 15.5 Å². The third kappa shape index (κ3) is 4.98. The number of carbonyl (C=O) groups excluding carboxylic acids is 1. The van der Waals surface area contributed by atoms with Gasteiger partial charge in [0.2, 0.25) is 5.91 Å². The van der Waals surface area contributed by atoms with Gasteiger partial charge in [0, 0.05) is 40.2 Å². The van der Waals surface area contributed by atoms with E-state index in [1.165, 1.54) is 5.56 Å². The number of aliphatic imine (C=N–C) groups is 1. The summed E-state index contributed by atoms with van der Waals surface area (Å²) in [5.74, 6) is 1.58. The molecule has 0 bridgehead atoms. The largest absolute Gasteiger partial charge is 0.359 e. The van der Waals surface area contributed by atoms with E-state index >= 15 is 0 Å². The van der Waals surface area contributed by atoms with Gasteiger partial charge in [-0.1, -0.05) is 0 Å². The molecule has 5 nitrogen and oxygen atoms in total. The van der Waals surface area contributed by atoms with Crippen LogP contribution in [0.1, 0.15) is 24.8 Å². The van der Waals surface area contributed by atoms with Gasteiger partial charge in [0.15, 0.2) is 5.96 Å². The molecule has 1 fully saturated rings. The van der Waals surface area contributed by atoms with Gasteiger partial charge in [0.25, 0.3) is 0 Å². The number of hydrogen-bond acceptors (Lipinski definition) is 3. The van der Waals surface area contributed by atoms with Gasteiger partial charge in [0.05, 0.1) is 3.79 Å². The summed E-state index contributed by atoms with van der Waals surface area (Å²) in [4.78, 5) is 18.1. The number of hydrogen-bond donors (Lipinski definition) is 2. The van der Waals surface area contributed by atoms with Crippen molar-refractivity contribution in [3.8, 4) is 0 Å². The third-order valence-corrected chi connectivity index (χ3v) is 5.50. The average molecular weight is 387 g/mol. The molecule has 1 aliphatic rings. The molecular weight excluding hydrogens is 364 g/mol. The first kappa shape index (κ1) is 17.3. The second-order valence-electron chi connectivity index (χ2n) is 5.47. The lowest BCUT2D eigenvalue weighted by atomic mass is 9.93. The van der Waals surface area contributed by atoms with Crippen LogP contribution < -0.4 is 10.6 Å². The zero-order valence-electron chi connectivity index (χ0n) is 13.1. The molecule has 122 valence electrons. The lowest BCUT2D eigenvalue weighted by Gasteiger charge is -2.34. The molecule has 0 saturated carbocycles. The average Bonchev–Trinajstić information content (AvgIpc) is 2.95. The molecule has 1 aromatic heterocycles. The van der Waals surface area contributed by atoms with Crippen molar-refractivity contribution in [2.75, 3.05) is 27.2 Å². The van der Waals surface area contributed by atoms with E-state index in [0.29, 0.717) is 12.3 Å². The van der Waals surface area contributed by atoms with Gasteiger partial charge >= 0.3 is 0 Å². The quantitative estimate of drug-likeness (QED) is 0.616. The molecule has 22 heavy (non-hydrogen) atoms. The topological polar surface area (TPSA) is 56.7 Å². The molecule has 0 spiro atoms. The number of nitrogens with one attached hydrogen (secondary N) is 2. The van der Waals surface area contributed by atoms with Gasteiger partial charge in [-0.25, -0.2) is 0 Å². The zero-order chi connectivity index (χ0) is 15.9. The van der Waals surface area contributed by atoms with Gasteiger partial charge in [-0.2, -0.15) is 0 Å². The number of carbonyl (C=O) groups is 1. The van der Waals surface area contributed by atoms with Crippen LogP contribution in [-0.4, -0.2) is 44.0 Å². The summed E-state index contributed by atoms with van der Waals surface area (Å²) >= 11 is 5.17. The number of rotatable bonds is 4. The van der Waals surface area contributed by atoms with Crippen molar-refractivity contribution in [1.29, 1.82) is 0 Å². The normalized spacial score (nSPS) is 16.7. The molecule has 1 saturated heterocycles. The summed E-state index contributed by atoms with van der Waals surface area (Å²) in [6.07, 6.45) is 2.72. The van der Waals surface area contributed by atoms with Gasteiger partial charge in [-0.15, -0.1) is 11.3 Å². The Hall–Kier alpha value is -1.08. The van der Waals surface area contributed by atoms with E-state index in [1.807, 2.05) is 7.05 Å². The fourth-order valence-corrected chi connectivity index (χ4v) is 3.87. The van der Waals surface area contributed by atoms with E-state index < -0.39 is 0 Å². The molecule has 2 heterocycles. The Bertz CT molecular complexity index is 523. The number of halogens is 1. The third-order valence-electron chi connectivity index (χ3n) is 3.95. The minimum absolute atomic E-state index is 0.143. The van der Waals surface area contributed by atoms with Crippen molar-refractivity contribution in [1.82, 2.24) is 15.5 Å². The van der Waals surface area contributed by atoms with E-state index in [-0.39, 0.29) is 5.91 Å². The first-order chi connectivity index (χ1) is 10.6. The second-order valence-corrected chi connectivity index (χ2v) is 7.76. The van der Waals surface area contributed by atoms with Crippen LogP contribution in [0.25, 0.3) is 0 Å². The van der Waals surface area contributed by atoms with Crippen LogP contribution in [0.4, 0.5) is 0 Å². The SMILES string of the molecule is CN=C(NCc1csc(Br)c1)N1CCC(CC(=O)NC)CC1. The maximum atomic E-state index is 11.4. The lowest BCUT2D eigenvalue weighted by molar-refractivity contribution is -0.121. The molecule has 2 rings (SSSR count). The Morgan fingerprint density at radius 2 is 2.23 bits per heavy atom. The van der Waals surface area contributed by atoms with Gasteiger partial charge in [-0.05, 0) is 51.7 Å². The number of piperidine rings is 1. The molecular formula is C15H23BrN4OS. The van der Waals surface area contributed by atoms with Crippen molar-refractivity contribution < 1.29 is 4.79 Å². The highest BCUT2D eigenvalue weighted by Crippen LogP contribution is 2.22. The maximum Gasteiger partial charge on any atom is 0.220 e. The van der Waals surface area contributed by atoms with Crippen molar-refractivity contribution in [2.24, 2.45) is 10.9 Å². The number of likely N-dealkylation sites (tertiary alicyclic amines) is 1. The molecule has 1 amide bonds. The summed E-state index contributed by atoms with van der Waals surface area (Å²) in [6, 6.07) is 2.13. The molecule has 0 unspecified atom stereocenters. The highest BCUT2D eigenvalue weighted by Gasteiger charge is 2.22. The van der Waals surface area contributed by atoms with Crippen molar-refractivity contribution in [2.45, 2.75) is 25.8 Å². The van der Waals surface area contributed by atoms with Crippen LogP contribution in [0.3, 0.4) is 0 Å². The van der Waals surface area contributed by atoms with Crippen LogP contribution >= 0.6 is 27.3 Å². The summed E-state index contributed by atoms with van der Waals surface area (Å²) in [5.41, 5.74) is 1.26. The number of amides is 1. The fraction of sp³-hybridized carbons (Fsp3) is 0.600. The Kier molecular flexibility index (Phi) is 6.70. The van der Waals surface area contributed by atoms with E-state index in [9.17, 15) is 4.79 Å². The van der Waals surface area contributed by atoms with E-state index in [4.69, 9.17) is 0 Å². The van der Waals surface area contributed by atoms with Crippen LogP contribution in [0.2, 0.25) is 0 Å². The van der Waals surface area contributed by atoms with Crippen LogP contribution in [-0.2, 0) is 11.3 Å². The predicted molar refractivity (Wildman–Crippen MR) is 95.2 cm³/mol. The minimum atomic E-state index is 0.143. The highest BCUT2D eigenvalue weighted by molar-refractivity contribution is 9.11. The van der Waals surface area contributed by atoms with Crippen LogP contribution in [0.5, 0.6) is 0 Å². The molecule has 2 N–H and O–H groups in total. The number of thiophene rings is 1. The minimum Gasteiger partial charge on any atom is -0.359 e. The molecule has 0 radical (unpaired) electrons. The lowest BCUT2D eigenvalue weighted by Crippen LogP contribution is -2.45. The summed E-state index contributed by atoms with van der Waals surface area (Å²) in [5, 5.41) is 8.26.